The first-order valence-corrected chi connectivity index (χ1v) is 19.0. The standard InChI is InChI=1S/C50H35N3O2/c1-30-20-25-39-43(26-30)55-47-37-17-9-8-16-35(37)27-40(46(39)47)36-28-41(45-38-18-10-11-19-42(38)54-44(45)29-36)50-52-48(33-14-6-3-7-15-33)51-49(53-50)34-23-21-32(22-24-34)31-12-4-2-5-13-31/h2-25,27-30,35,37H,26H2,1H3. The Morgan fingerprint density at radius 2 is 1.24 bits per heavy atom. The molecule has 3 aromatic heterocycles. The number of allylic oxidation sites excluding steroid dienone is 6. The largest absolute Gasteiger partial charge is 0.464 e. The molecule has 0 aliphatic heterocycles. The van der Waals surface area contributed by atoms with Gasteiger partial charge in [-0.15, -0.1) is 0 Å². The van der Waals surface area contributed by atoms with Crippen molar-refractivity contribution in [2.24, 2.45) is 11.8 Å². The average molecular weight is 710 g/mol. The van der Waals surface area contributed by atoms with Crippen molar-refractivity contribution in [3.63, 3.8) is 0 Å². The Bertz CT molecular complexity index is 2910. The highest BCUT2D eigenvalue weighted by atomic mass is 16.3. The maximum absolute atomic E-state index is 6.80. The quantitative estimate of drug-likeness (QED) is 0.178. The van der Waals surface area contributed by atoms with Gasteiger partial charge in [-0.25, -0.2) is 15.0 Å². The van der Waals surface area contributed by atoms with E-state index in [4.69, 9.17) is 23.8 Å². The van der Waals surface area contributed by atoms with Gasteiger partial charge < -0.3 is 8.83 Å². The van der Waals surface area contributed by atoms with Crippen molar-refractivity contribution in [2.75, 3.05) is 0 Å². The predicted molar refractivity (Wildman–Crippen MR) is 221 cm³/mol. The van der Waals surface area contributed by atoms with Gasteiger partial charge in [-0.1, -0.05) is 153 Å². The topological polar surface area (TPSA) is 65.0 Å². The molecule has 0 radical (unpaired) electrons. The highest BCUT2D eigenvalue weighted by molar-refractivity contribution is 6.13. The van der Waals surface area contributed by atoms with E-state index in [1.807, 2.05) is 48.5 Å². The Morgan fingerprint density at radius 3 is 2.04 bits per heavy atom. The van der Waals surface area contributed by atoms with Crippen molar-refractivity contribution < 1.29 is 8.83 Å². The lowest BCUT2D eigenvalue weighted by Crippen LogP contribution is -2.15. The Kier molecular flexibility index (Phi) is 7.27. The van der Waals surface area contributed by atoms with Crippen LogP contribution in [0.1, 0.15) is 41.1 Å². The summed E-state index contributed by atoms with van der Waals surface area (Å²) < 4.78 is 13.5. The zero-order valence-corrected chi connectivity index (χ0v) is 30.2. The molecule has 5 nitrogen and oxygen atoms in total. The molecule has 0 fully saturated rings. The van der Waals surface area contributed by atoms with Gasteiger partial charge in [0.25, 0.3) is 0 Å². The molecule has 5 heteroatoms. The summed E-state index contributed by atoms with van der Waals surface area (Å²) in [5, 5.41) is 2.00. The van der Waals surface area contributed by atoms with Crippen LogP contribution in [0.25, 0.3) is 78.9 Å². The third-order valence-electron chi connectivity index (χ3n) is 11.2. The van der Waals surface area contributed by atoms with Crippen molar-refractivity contribution >= 4 is 33.6 Å². The van der Waals surface area contributed by atoms with E-state index in [2.05, 4.69) is 122 Å². The van der Waals surface area contributed by atoms with Crippen LogP contribution in [0.3, 0.4) is 0 Å². The fourth-order valence-electron chi connectivity index (χ4n) is 8.50. The van der Waals surface area contributed by atoms with E-state index < -0.39 is 0 Å². The summed E-state index contributed by atoms with van der Waals surface area (Å²) in [6, 6.07) is 41.7. The molecule has 0 amide bonds. The summed E-state index contributed by atoms with van der Waals surface area (Å²) in [7, 11) is 0. The maximum Gasteiger partial charge on any atom is 0.164 e. The van der Waals surface area contributed by atoms with Crippen molar-refractivity contribution in [1.29, 1.82) is 0 Å². The van der Waals surface area contributed by atoms with Crippen LogP contribution in [0.2, 0.25) is 0 Å². The number of benzene rings is 5. The SMILES string of the molecule is CC1C=Cc2c(oc3c2C(c2cc(-c4nc(-c5ccccc5)nc(-c5ccc(-c6ccccc6)cc5)n4)c4c(c2)oc2ccccc24)=CC2C=CC=CC32)C1. The molecule has 3 heterocycles. The molecular formula is C50H35N3O2. The van der Waals surface area contributed by atoms with Gasteiger partial charge in [-0.2, -0.15) is 0 Å². The first-order chi connectivity index (χ1) is 27.1. The van der Waals surface area contributed by atoms with Crippen LogP contribution in [0.5, 0.6) is 0 Å². The van der Waals surface area contributed by atoms with Gasteiger partial charge in [0.15, 0.2) is 17.5 Å². The van der Waals surface area contributed by atoms with Gasteiger partial charge in [0.2, 0.25) is 0 Å². The lowest BCUT2D eigenvalue weighted by Gasteiger charge is -2.28. The summed E-state index contributed by atoms with van der Waals surface area (Å²) >= 11 is 0. The maximum atomic E-state index is 6.80. The van der Waals surface area contributed by atoms with Gasteiger partial charge in [0, 0.05) is 56.8 Å². The molecule has 262 valence electrons. The van der Waals surface area contributed by atoms with E-state index in [0.29, 0.717) is 23.4 Å². The summed E-state index contributed by atoms with van der Waals surface area (Å²) in [6.07, 6.45) is 16.7. The smallest absolute Gasteiger partial charge is 0.164 e. The zero-order valence-electron chi connectivity index (χ0n) is 30.2. The molecule has 5 aromatic carbocycles. The second-order valence-corrected chi connectivity index (χ2v) is 14.8. The number of para-hydroxylation sites is 1. The monoisotopic (exact) mass is 709 g/mol. The molecule has 0 N–H and O–H groups in total. The van der Waals surface area contributed by atoms with Gasteiger partial charge >= 0.3 is 0 Å². The van der Waals surface area contributed by atoms with Crippen molar-refractivity contribution in [2.45, 2.75) is 19.3 Å². The molecule has 3 atom stereocenters. The molecule has 55 heavy (non-hydrogen) atoms. The van der Waals surface area contributed by atoms with E-state index in [-0.39, 0.29) is 11.8 Å². The number of aromatic nitrogens is 3. The molecule has 0 saturated carbocycles. The number of hydrogen-bond acceptors (Lipinski definition) is 5. The third kappa shape index (κ3) is 5.34. The van der Waals surface area contributed by atoms with E-state index in [1.54, 1.807) is 0 Å². The molecule has 0 saturated heterocycles. The molecule has 8 aromatic rings. The lowest BCUT2D eigenvalue weighted by molar-refractivity contribution is 0.418. The highest BCUT2D eigenvalue weighted by Crippen LogP contribution is 2.50. The van der Waals surface area contributed by atoms with Crippen LogP contribution in [0.4, 0.5) is 0 Å². The number of fused-ring (bicyclic) bond motifs is 8. The van der Waals surface area contributed by atoms with E-state index >= 15 is 0 Å². The minimum Gasteiger partial charge on any atom is -0.464 e. The predicted octanol–water partition coefficient (Wildman–Crippen LogP) is 12.5. The van der Waals surface area contributed by atoms with Crippen LogP contribution in [0, 0.1) is 11.8 Å². The molecule has 3 aliphatic rings. The van der Waals surface area contributed by atoms with Crippen molar-refractivity contribution in [3.8, 4) is 45.3 Å². The number of nitrogens with zero attached hydrogens (tertiary/aromatic N) is 3. The van der Waals surface area contributed by atoms with E-state index in [1.165, 1.54) is 11.1 Å². The minimum absolute atomic E-state index is 0.153. The number of hydrogen-bond donors (Lipinski definition) is 0. The summed E-state index contributed by atoms with van der Waals surface area (Å²) in [4.78, 5) is 15.6. The van der Waals surface area contributed by atoms with Crippen LogP contribution >= 0.6 is 0 Å². The third-order valence-corrected chi connectivity index (χ3v) is 11.2. The Balaban J connectivity index is 1.15. The Hall–Kier alpha value is -6.85. The van der Waals surface area contributed by atoms with Gasteiger partial charge in [0.05, 0.1) is 0 Å². The van der Waals surface area contributed by atoms with Crippen molar-refractivity contribution in [3.05, 3.63) is 186 Å². The first-order valence-electron chi connectivity index (χ1n) is 19.0. The average Bonchev–Trinajstić information content (AvgIpc) is 3.82. The number of rotatable bonds is 5. The van der Waals surface area contributed by atoms with E-state index in [0.717, 1.165) is 78.8 Å². The van der Waals surface area contributed by atoms with Gasteiger partial charge in [-0.05, 0) is 46.4 Å². The first kappa shape index (κ1) is 31.7. The fraction of sp³-hybridized carbons (Fsp3) is 0.100. The van der Waals surface area contributed by atoms with E-state index in [9.17, 15) is 0 Å². The minimum atomic E-state index is 0.153. The van der Waals surface area contributed by atoms with Gasteiger partial charge in [0.1, 0.15) is 22.7 Å². The normalized spacial score (nSPS) is 18.3. The Morgan fingerprint density at radius 1 is 0.582 bits per heavy atom. The van der Waals surface area contributed by atoms with Gasteiger partial charge in [-0.3, -0.25) is 0 Å². The molecule has 3 aliphatic carbocycles. The molecule has 11 rings (SSSR count). The van der Waals surface area contributed by atoms with Crippen LogP contribution in [-0.4, -0.2) is 15.0 Å². The lowest BCUT2D eigenvalue weighted by atomic mass is 9.75. The molecular weight excluding hydrogens is 675 g/mol. The summed E-state index contributed by atoms with van der Waals surface area (Å²) in [6.45, 7) is 2.25. The fourth-order valence-corrected chi connectivity index (χ4v) is 8.50. The highest BCUT2D eigenvalue weighted by Gasteiger charge is 2.36. The van der Waals surface area contributed by atoms with Crippen LogP contribution < -0.4 is 0 Å². The van der Waals surface area contributed by atoms with Crippen LogP contribution in [-0.2, 0) is 6.42 Å². The Labute approximate surface area is 318 Å². The molecule has 0 spiro atoms. The number of furan rings is 2. The second-order valence-electron chi connectivity index (χ2n) is 14.8. The molecule has 0 bridgehead atoms. The second kappa shape index (κ2) is 12.6. The van der Waals surface area contributed by atoms with Crippen LogP contribution in [0.15, 0.2) is 167 Å². The zero-order chi connectivity index (χ0) is 36.5. The summed E-state index contributed by atoms with van der Waals surface area (Å²) in [5.41, 5.74) is 11.2. The van der Waals surface area contributed by atoms with Crippen molar-refractivity contribution in [1.82, 2.24) is 15.0 Å². The summed E-state index contributed by atoms with van der Waals surface area (Å²) in [5.74, 6) is 4.66. The molecule has 3 unspecified atom stereocenters.